The number of fused-ring (bicyclic) bond motifs is 3. The molecular formula is C59H62O18. The molecule has 1 aliphatic rings. The van der Waals surface area contributed by atoms with E-state index in [-0.39, 0.29) is 39.6 Å². The van der Waals surface area contributed by atoms with Crippen LogP contribution in [-0.2, 0) is 72.1 Å². The Bertz CT molecular complexity index is 2440. The number of esters is 6. The highest BCUT2D eigenvalue weighted by atomic mass is 16.6. The minimum atomic E-state index is -1.38. The molecule has 0 radical (unpaired) electrons. The van der Waals surface area contributed by atoms with Gasteiger partial charge in [-0.15, -0.1) is 0 Å². The number of hydrogen-bond acceptors (Lipinski definition) is 18. The van der Waals surface area contributed by atoms with Gasteiger partial charge < -0.3 is 57.6 Å². The van der Waals surface area contributed by atoms with Gasteiger partial charge in [0.25, 0.3) is 0 Å². The molecule has 18 nitrogen and oxygen atoms in total. The number of ether oxygens (including phenoxy) is 10. The van der Waals surface area contributed by atoms with Gasteiger partial charge >= 0.3 is 35.8 Å². The SMILES string of the molecule is C=CC(=O)OCC(COCC(O)COc1ccc(C2(c3ccc(OCC(O)COCC(COC(=O)C=C)(COC(=O)C=C)COC(=O)C=C)cc3)c3ccccc3-c3ccccc32)cc1)(COC(=O)C=C)COC(=O)C=C. The van der Waals surface area contributed by atoms with Crippen LogP contribution in [0.3, 0.4) is 0 Å². The maximum atomic E-state index is 12.0. The maximum Gasteiger partial charge on any atom is 0.330 e. The topological polar surface area (TPSA) is 235 Å². The quantitative estimate of drug-likeness (QED) is 0.0277. The largest absolute Gasteiger partial charge is 0.491 e. The zero-order valence-electron chi connectivity index (χ0n) is 42.5. The second kappa shape index (κ2) is 29.0. The zero-order valence-corrected chi connectivity index (χ0v) is 42.5. The molecule has 18 heteroatoms. The minimum Gasteiger partial charge on any atom is -0.491 e. The first-order valence-electron chi connectivity index (χ1n) is 24.0. The Balaban J connectivity index is 1.29. The molecule has 0 spiro atoms. The van der Waals surface area contributed by atoms with E-state index in [9.17, 15) is 39.0 Å². The minimum absolute atomic E-state index is 0.192. The molecule has 2 unspecified atom stereocenters. The molecule has 0 saturated carbocycles. The van der Waals surface area contributed by atoms with Crippen LogP contribution in [0.25, 0.3) is 11.1 Å². The van der Waals surface area contributed by atoms with Gasteiger partial charge in [0, 0.05) is 36.5 Å². The van der Waals surface area contributed by atoms with Crippen molar-refractivity contribution in [3.05, 3.63) is 195 Å². The summed E-state index contributed by atoms with van der Waals surface area (Å²) in [6.07, 6.45) is 3.33. The summed E-state index contributed by atoms with van der Waals surface area (Å²) in [5.74, 6) is -3.78. The van der Waals surface area contributed by atoms with E-state index < -0.39 is 104 Å². The van der Waals surface area contributed by atoms with Crippen molar-refractivity contribution in [3.63, 3.8) is 0 Å². The van der Waals surface area contributed by atoms with Gasteiger partial charge in [-0.3, -0.25) is 0 Å². The van der Waals surface area contributed by atoms with Gasteiger partial charge in [0.2, 0.25) is 0 Å². The molecule has 2 N–H and O–H groups in total. The molecule has 0 amide bonds. The molecule has 2 atom stereocenters. The van der Waals surface area contributed by atoms with Crippen LogP contribution in [0.5, 0.6) is 11.5 Å². The fraction of sp³-hybridized carbons (Fsp3) is 0.288. The van der Waals surface area contributed by atoms with Crippen molar-refractivity contribution >= 4 is 35.8 Å². The summed E-state index contributed by atoms with van der Waals surface area (Å²) in [5.41, 5.74) is 2.41. The van der Waals surface area contributed by atoms with Crippen LogP contribution >= 0.6 is 0 Å². The monoisotopic (exact) mass is 1060 g/mol. The summed E-state index contributed by atoms with van der Waals surface area (Å²) in [4.78, 5) is 72.0. The molecule has 0 fully saturated rings. The van der Waals surface area contributed by atoms with Crippen molar-refractivity contribution in [2.45, 2.75) is 17.6 Å². The van der Waals surface area contributed by atoms with Crippen LogP contribution in [0, 0.1) is 10.8 Å². The van der Waals surface area contributed by atoms with E-state index in [4.69, 9.17) is 47.4 Å². The van der Waals surface area contributed by atoms with E-state index in [0.717, 1.165) is 69.8 Å². The summed E-state index contributed by atoms with van der Waals surface area (Å²) >= 11 is 0. The van der Waals surface area contributed by atoms with Crippen LogP contribution in [0.4, 0.5) is 0 Å². The lowest BCUT2D eigenvalue weighted by molar-refractivity contribution is -0.164. The third-order valence-electron chi connectivity index (χ3n) is 12.0. The highest BCUT2D eigenvalue weighted by molar-refractivity contribution is 5.87. The lowest BCUT2D eigenvalue weighted by Crippen LogP contribution is -2.44. The molecular weight excluding hydrogens is 997 g/mol. The lowest BCUT2D eigenvalue weighted by atomic mass is 9.68. The Hall–Kier alpha value is -8.42. The second-order valence-corrected chi connectivity index (χ2v) is 17.7. The number of benzene rings is 4. The summed E-state index contributed by atoms with van der Waals surface area (Å²) < 4.78 is 55.1. The molecule has 77 heavy (non-hydrogen) atoms. The van der Waals surface area contributed by atoms with Gasteiger partial charge in [-0.05, 0) is 57.6 Å². The molecule has 406 valence electrons. The summed E-state index contributed by atoms with van der Waals surface area (Å²) in [6, 6.07) is 31.3. The Morgan fingerprint density at radius 3 is 0.948 bits per heavy atom. The molecule has 4 aromatic rings. The molecule has 1 aliphatic carbocycles. The average molecular weight is 1060 g/mol. The Kier molecular flexibility index (Phi) is 22.4. The van der Waals surface area contributed by atoms with Crippen molar-refractivity contribution in [1.29, 1.82) is 0 Å². The smallest absolute Gasteiger partial charge is 0.330 e. The third-order valence-corrected chi connectivity index (χ3v) is 12.0. The van der Waals surface area contributed by atoms with E-state index >= 15 is 0 Å². The highest BCUT2D eigenvalue weighted by Gasteiger charge is 2.46. The predicted octanol–water partition coefficient (Wildman–Crippen LogP) is 5.91. The van der Waals surface area contributed by atoms with E-state index in [1.165, 1.54) is 0 Å². The van der Waals surface area contributed by atoms with Crippen LogP contribution in [0.2, 0.25) is 0 Å². The van der Waals surface area contributed by atoms with Crippen LogP contribution in [-0.4, -0.2) is 138 Å². The Labute approximate surface area is 446 Å². The molecule has 0 aromatic heterocycles. The fourth-order valence-corrected chi connectivity index (χ4v) is 8.13. The van der Waals surface area contributed by atoms with E-state index in [1.54, 1.807) is 24.3 Å². The van der Waals surface area contributed by atoms with Crippen molar-refractivity contribution in [2.75, 3.05) is 79.3 Å². The Morgan fingerprint density at radius 1 is 0.403 bits per heavy atom. The number of aliphatic hydroxyl groups excluding tert-OH is 2. The molecule has 0 heterocycles. The predicted molar refractivity (Wildman–Crippen MR) is 280 cm³/mol. The summed E-state index contributed by atoms with van der Waals surface area (Å²) in [7, 11) is 0. The molecule has 0 bridgehead atoms. The van der Waals surface area contributed by atoms with Crippen molar-refractivity contribution in [2.24, 2.45) is 10.8 Å². The first kappa shape index (κ1) is 59.5. The van der Waals surface area contributed by atoms with Crippen LogP contribution < -0.4 is 9.47 Å². The first-order chi connectivity index (χ1) is 37.1. The highest BCUT2D eigenvalue weighted by Crippen LogP contribution is 2.56. The number of carbonyl (C=O) groups is 6. The van der Waals surface area contributed by atoms with Gasteiger partial charge in [-0.1, -0.05) is 112 Å². The standard InChI is InChI=1S/C59H62O18/c1-7-51(62)72-35-57(36-73-52(63)8-2,37-74-53(64)9-3)33-68-29-43(60)31-70-45-25-21-41(22-26-45)59(49-19-15-13-17-47(49)48-18-14-16-20-50(48)59)42-23-27-46(28-24-42)71-32-44(61)30-69-34-58(38-75-54(65)10-4,39-76-55(66)11-5)40-77-56(67)12-6/h7-28,43-44,60-61H,1-6,29-40H2. The lowest BCUT2D eigenvalue weighted by Gasteiger charge is -2.34. The van der Waals surface area contributed by atoms with Crippen molar-refractivity contribution < 1.29 is 86.3 Å². The van der Waals surface area contributed by atoms with E-state index in [0.29, 0.717) is 11.5 Å². The van der Waals surface area contributed by atoms with Gasteiger partial charge in [0.15, 0.2) is 0 Å². The average Bonchev–Trinajstić information content (AvgIpc) is 3.92. The van der Waals surface area contributed by atoms with Gasteiger partial charge in [0.1, 0.15) is 76.6 Å². The molecule has 0 saturated heterocycles. The van der Waals surface area contributed by atoms with Gasteiger partial charge in [-0.25, -0.2) is 28.8 Å². The van der Waals surface area contributed by atoms with E-state index in [1.807, 2.05) is 48.5 Å². The van der Waals surface area contributed by atoms with Crippen LogP contribution in [0.15, 0.2) is 173 Å². The van der Waals surface area contributed by atoms with Gasteiger partial charge in [-0.2, -0.15) is 0 Å². The first-order valence-corrected chi connectivity index (χ1v) is 24.0. The Morgan fingerprint density at radius 2 is 0.675 bits per heavy atom. The fourth-order valence-electron chi connectivity index (χ4n) is 8.13. The number of aliphatic hydroxyl groups is 2. The van der Waals surface area contributed by atoms with Crippen LogP contribution in [0.1, 0.15) is 22.3 Å². The summed E-state index contributed by atoms with van der Waals surface area (Å²) in [6.45, 7) is 16.4. The number of hydrogen-bond donors (Lipinski definition) is 2. The summed E-state index contributed by atoms with van der Waals surface area (Å²) in [5, 5.41) is 21.9. The molecule has 5 rings (SSSR count). The normalized spacial score (nSPS) is 12.9. The second-order valence-electron chi connectivity index (χ2n) is 17.7. The zero-order chi connectivity index (χ0) is 55.9. The molecule has 0 aliphatic heterocycles. The van der Waals surface area contributed by atoms with Gasteiger partial charge in [0.05, 0.1) is 42.7 Å². The number of rotatable bonds is 34. The third kappa shape index (κ3) is 16.3. The number of carbonyl (C=O) groups excluding carboxylic acids is 6. The van der Waals surface area contributed by atoms with Crippen molar-refractivity contribution in [1.82, 2.24) is 0 Å². The molecule has 4 aromatic carbocycles. The maximum absolute atomic E-state index is 12.0. The van der Waals surface area contributed by atoms with E-state index in [2.05, 4.69) is 63.7 Å². The van der Waals surface area contributed by atoms with Crippen molar-refractivity contribution in [3.8, 4) is 22.6 Å².